The average Bonchev–Trinajstić information content (AvgIpc) is 3.03. The molecule has 1 fully saturated rings. The minimum atomic E-state index is 0.446. The molecule has 1 aromatic carbocycles. The van der Waals surface area contributed by atoms with E-state index in [1.807, 2.05) is 12.1 Å². The highest BCUT2D eigenvalue weighted by Gasteiger charge is 2.20. The van der Waals surface area contributed by atoms with E-state index in [-0.39, 0.29) is 0 Å². The summed E-state index contributed by atoms with van der Waals surface area (Å²) < 4.78 is 7.04. The van der Waals surface area contributed by atoms with Crippen molar-refractivity contribution in [3.05, 3.63) is 21.1 Å². The van der Waals surface area contributed by atoms with E-state index in [1.165, 1.54) is 12.8 Å². The smallest absolute Gasteiger partial charge is 0.266 e. The first-order valence-corrected chi connectivity index (χ1v) is 7.57. The van der Waals surface area contributed by atoms with Crippen LogP contribution < -0.4 is 10.6 Å². The standard InChI is InChI=1S/C12H12Br2N4O/c13-7-5-8(10(15)9(14)6-7)11-16-12(17-19-11)18-3-1-2-4-18/h5-6H,1-4,15H2. The Kier molecular flexibility index (Phi) is 3.49. The molecule has 2 heterocycles. The van der Waals surface area contributed by atoms with Crippen molar-refractivity contribution in [2.75, 3.05) is 23.7 Å². The lowest BCUT2D eigenvalue weighted by Crippen LogP contribution is -2.18. The lowest BCUT2D eigenvalue weighted by Gasteiger charge is -2.09. The largest absolute Gasteiger partial charge is 0.397 e. The second-order valence-electron chi connectivity index (χ2n) is 4.44. The molecule has 1 saturated heterocycles. The van der Waals surface area contributed by atoms with Gasteiger partial charge in [0, 0.05) is 22.0 Å². The van der Waals surface area contributed by atoms with E-state index in [0.29, 0.717) is 17.5 Å². The van der Waals surface area contributed by atoms with Crippen molar-refractivity contribution in [2.24, 2.45) is 0 Å². The zero-order chi connectivity index (χ0) is 13.4. The van der Waals surface area contributed by atoms with Gasteiger partial charge in [0.2, 0.25) is 0 Å². The molecule has 0 atom stereocenters. The third-order valence-electron chi connectivity index (χ3n) is 3.13. The van der Waals surface area contributed by atoms with Gasteiger partial charge in [-0.2, -0.15) is 4.98 Å². The number of aromatic nitrogens is 2. The fourth-order valence-corrected chi connectivity index (χ4v) is 3.36. The molecule has 0 unspecified atom stereocenters. The summed E-state index contributed by atoms with van der Waals surface area (Å²) in [5, 5.41) is 4.03. The molecule has 3 rings (SSSR count). The normalized spacial score (nSPS) is 15.2. The minimum Gasteiger partial charge on any atom is -0.397 e. The van der Waals surface area contributed by atoms with Crippen LogP contribution >= 0.6 is 31.9 Å². The first-order valence-electron chi connectivity index (χ1n) is 5.98. The summed E-state index contributed by atoms with van der Waals surface area (Å²) in [6.07, 6.45) is 2.35. The Bertz CT molecular complexity index is 608. The molecule has 7 heteroatoms. The Morgan fingerprint density at radius 3 is 2.68 bits per heavy atom. The van der Waals surface area contributed by atoms with Gasteiger partial charge in [-0.05, 0) is 46.1 Å². The topological polar surface area (TPSA) is 68.2 Å². The molecule has 0 bridgehead atoms. The molecule has 2 N–H and O–H groups in total. The van der Waals surface area contributed by atoms with E-state index in [2.05, 4.69) is 46.9 Å². The zero-order valence-electron chi connectivity index (χ0n) is 10.1. The predicted octanol–water partition coefficient (Wildman–Crippen LogP) is 3.44. The molecule has 19 heavy (non-hydrogen) atoms. The summed E-state index contributed by atoms with van der Waals surface area (Å²) in [5.74, 6) is 1.09. The van der Waals surface area contributed by atoms with Crippen LogP contribution in [0, 0.1) is 0 Å². The number of anilines is 2. The Morgan fingerprint density at radius 2 is 1.95 bits per heavy atom. The number of nitrogens with two attached hydrogens (primary N) is 1. The van der Waals surface area contributed by atoms with Crippen molar-refractivity contribution in [1.82, 2.24) is 10.1 Å². The van der Waals surface area contributed by atoms with Crippen LogP contribution in [-0.4, -0.2) is 23.2 Å². The summed E-state index contributed by atoms with van der Waals surface area (Å²) in [4.78, 5) is 6.55. The van der Waals surface area contributed by atoms with E-state index in [0.717, 1.165) is 27.6 Å². The highest BCUT2D eigenvalue weighted by molar-refractivity contribution is 9.11. The Labute approximate surface area is 127 Å². The fraction of sp³-hybridized carbons (Fsp3) is 0.333. The van der Waals surface area contributed by atoms with Crippen LogP contribution in [0.3, 0.4) is 0 Å². The minimum absolute atomic E-state index is 0.446. The number of rotatable bonds is 2. The van der Waals surface area contributed by atoms with Gasteiger partial charge in [0.1, 0.15) is 0 Å². The lowest BCUT2D eigenvalue weighted by molar-refractivity contribution is 0.430. The summed E-state index contributed by atoms with van der Waals surface area (Å²) >= 11 is 6.84. The molecule has 0 spiro atoms. The summed E-state index contributed by atoms with van der Waals surface area (Å²) in [5.41, 5.74) is 7.37. The molecule has 0 amide bonds. The number of benzene rings is 1. The van der Waals surface area contributed by atoms with E-state index in [4.69, 9.17) is 10.3 Å². The fourth-order valence-electron chi connectivity index (χ4n) is 2.13. The SMILES string of the molecule is Nc1c(Br)cc(Br)cc1-c1nc(N2CCCC2)no1. The van der Waals surface area contributed by atoms with Crippen LogP contribution in [0.4, 0.5) is 11.6 Å². The van der Waals surface area contributed by atoms with Gasteiger partial charge in [0.05, 0.1) is 11.3 Å². The molecule has 1 aliphatic heterocycles. The van der Waals surface area contributed by atoms with Gasteiger partial charge < -0.3 is 15.2 Å². The van der Waals surface area contributed by atoms with Gasteiger partial charge in [-0.15, -0.1) is 0 Å². The van der Waals surface area contributed by atoms with Gasteiger partial charge in [0.25, 0.3) is 11.8 Å². The Balaban J connectivity index is 1.98. The van der Waals surface area contributed by atoms with Gasteiger partial charge in [-0.25, -0.2) is 0 Å². The van der Waals surface area contributed by atoms with Crippen LogP contribution in [0.15, 0.2) is 25.6 Å². The monoisotopic (exact) mass is 386 g/mol. The van der Waals surface area contributed by atoms with E-state index in [9.17, 15) is 0 Å². The maximum Gasteiger partial charge on any atom is 0.266 e. The lowest BCUT2D eigenvalue weighted by atomic mass is 10.2. The Hall–Kier alpha value is -1.08. The van der Waals surface area contributed by atoms with Crippen molar-refractivity contribution in [3.8, 4) is 11.5 Å². The van der Waals surface area contributed by atoms with Gasteiger partial charge >= 0.3 is 0 Å². The van der Waals surface area contributed by atoms with Crippen molar-refractivity contribution in [2.45, 2.75) is 12.8 Å². The van der Waals surface area contributed by atoms with Crippen molar-refractivity contribution >= 4 is 43.5 Å². The van der Waals surface area contributed by atoms with Crippen molar-refractivity contribution in [1.29, 1.82) is 0 Å². The van der Waals surface area contributed by atoms with Crippen LogP contribution in [0.5, 0.6) is 0 Å². The molecule has 2 aromatic rings. The molecule has 5 nitrogen and oxygen atoms in total. The van der Waals surface area contributed by atoms with Gasteiger partial charge in [-0.3, -0.25) is 0 Å². The first kappa shape index (κ1) is 12.9. The van der Waals surface area contributed by atoms with Gasteiger partial charge in [-0.1, -0.05) is 15.9 Å². The molecular formula is C12H12Br2N4O. The summed E-state index contributed by atoms with van der Waals surface area (Å²) in [7, 11) is 0. The number of nitrogen functional groups attached to an aromatic ring is 1. The number of hydrogen-bond donors (Lipinski definition) is 1. The van der Waals surface area contributed by atoms with Crippen LogP contribution in [0.2, 0.25) is 0 Å². The first-order chi connectivity index (χ1) is 9.15. The van der Waals surface area contributed by atoms with E-state index >= 15 is 0 Å². The average molecular weight is 388 g/mol. The summed E-state index contributed by atoms with van der Waals surface area (Å²) in [6.45, 7) is 1.97. The molecule has 0 saturated carbocycles. The maximum absolute atomic E-state index is 6.04. The van der Waals surface area contributed by atoms with Crippen LogP contribution in [0.25, 0.3) is 11.5 Å². The predicted molar refractivity (Wildman–Crippen MR) is 81.0 cm³/mol. The third kappa shape index (κ3) is 2.49. The maximum atomic E-state index is 6.04. The van der Waals surface area contributed by atoms with Crippen LogP contribution in [0.1, 0.15) is 12.8 Å². The molecule has 0 radical (unpaired) electrons. The molecular weight excluding hydrogens is 376 g/mol. The molecule has 100 valence electrons. The zero-order valence-corrected chi connectivity index (χ0v) is 13.2. The number of hydrogen-bond acceptors (Lipinski definition) is 5. The van der Waals surface area contributed by atoms with Crippen LogP contribution in [-0.2, 0) is 0 Å². The highest BCUT2D eigenvalue weighted by atomic mass is 79.9. The second-order valence-corrected chi connectivity index (χ2v) is 6.21. The third-order valence-corrected chi connectivity index (χ3v) is 4.24. The second kappa shape index (κ2) is 5.13. The quantitative estimate of drug-likeness (QED) is 0.799. The van der Waals surface area contributed by atoms with Crippen molar-refractivity contribution < 1.29 is 4.52 Å². The molecule has 1 aliphatic rings. The number of halogens is 2. The summed E-state index contributed by atoms with van der Waals surface area (Å²) in [6, 6.07) is 3.76. The van der Waals surface area contributed by atoms with Crippen molar-refractivity contribution in [3.63, 3.8) is 0 Å². The Morgan fingerprint density at radius 1 is 1.21 bits per heavy atom. The molecule has 0 aliphatic carbocycles. The highest BCUT2D eigenvalue weighted by Crippen LogP contribution is 2.35. The van der Waals surface area contributed by atoms with Gasteiger partial charge in [0.15, 0.2) is 0 Å². The van der Waals surface area contributed by atoms with E-state index in [1.54, 1.807) is 0 Å². The number of nitrogens with zero attached hydrogens (tertiary/aromatic N) is 3. The van der Waals surface area contributed by atoms with E-state index < -0.39 is 0 Å². The molecule has 1 aromatic heterocycles.